The molecule has 0 amide bonds. The van der Waals surface area contributed by atoms with E-state index in [0.29, 0.717) is 6.54 Å². The van der Waals surface area contributed by atoms with Gasteiger partial charge in [-0.05, 0) is 49.8 Å². The van der Waals surface area contributed by atoms with E-state index in [9.17, 15) is 0 Å². The lowest BCUT2D eigenvalue weighted by molar-refractivity contribution is 0.568. The van der Waals surface area contributed by atoms with Gasteiger partial charge in [0.25, 0.3) is 0 Å². The smallest absolute Gasteiger partial charge is 0.128 e. The first kappa shape index (κ1) is 13.3. The summed E-state index contributed by atoms with van der Waals surface area (Å²) in [5.41, 5.74) is 6.80. The van der Waals surface area contributed by atoms with Crippen molar-refractivity contribution in [1.82, 2.24) is 4.98 Å². The predicted molar refractivity (Wildman–Crippen MR) is 76.8 cm³/mol. The fourth-order valence-electron chi connectivity index (χ4n) is 2.17. The second kappa shape index (κ2) is 6.19. The molecule has 2 rings (SSSR count). The zero-order valence-corrected chi connectivity index (χ0v) is 11.6. The van der Waals surface area contributed by atoms with Crippen LogP contribution >= 0.6 is 0 Å². The minimum absolute atomic E-state index is 0.695. The number of hydrogen-bond acceptors (Lipinski definition) is 3. The molecule has 1 saturated carbocycles. The molecular weight excluding hydrogens is 222 g/mol. The van der Waals surface area contributed by atoms with Gasteiger partial charge in [0.2, 0.25) is 0 Å². The number of nitrogens with two attached hydrogens (primary N) is 1. The molecule has 1 fully saturated rings. The van der Waals surface area contributed by atoms with Gasteiger partial charge in [0, 0.05) is 18.8 Å². The van der Waals surface area contributed by atoms with Crippen LogP contribution in [-0.2, 0) is 6.42 Å². The summed E-state index contributed by atoms with van der Waals surface area (Å²) in [4.78, 5) is 7.09. The minimum atomic E-state index is 0.695. The first-order chi connectivity index (χ1) is 8.70. The molecule has 0 aliphatic heterocycles. The molecule has 100 valence electrons. The van der Waals surface area contributed by atoms with Crippen LogP contribution in [-0.4, -0.2) is 24.1 Å². The number of pyridine rings is 1. The maximum absolute atomic E-state index is 5.56. The molecule has 0 radical (unpaired) electrons. The number of anilines is 1. The predicted octanol–water partition coefficient (Wildman–Crippen LogP) is 2.60. The van der Waals surface area contributed by atoms with Crippen molar-refractivity contribution >= 4 is 5.82 Å². The van der Waals surface area contributed by atoms with Crippen LogP contribution in [0, 0.1) is 5.92 Å². The molecule has 2 N–H and O–H groups in total. The lowest BCUT2D eigenvalue weighted by Crippen LogP contribution is -2.28. The fraction of sp³-hybridized carbons (Fsp3) is 0.667. The minimum Gasteiger partial charge on any atom is -0.354 e. The van der Waals surface area contributed by atoms with Crippen molar-refractivity contribution in [2.24, 2.45) is 11.7 Å². The molecule has 1 aromatic heterocycles. The quantitative estimate of drug-likeness (QED) is 0.805. The molecule has 3 heteroatoms. The van der Waals surface area contributed by atoms with Crippen molar-refractivity contribution in [3.8, 4) is 0 Å². The van der Waals surface area contributed by atoms with Crippen molar-refractivity contribution in [2.75, 3.05) is 18.0 Å². The van der Waals surface area contributed by atoms with Gasteiger partial charge in [-0.2, -0.15) is 0 Å². The second-order valence-electron chi connectivity index (χ2n) is 5.67. The highest BCUT2D eigenvalue weighted by Crippen LogP contribution is 2.31. The van der Waals surface area contributed by atoms with Gasteiger partial charge in [0.05, 0.1) is 0 Å². The van der Waals surface area contributed by atoms with Crippen LogP contribution in [0.5, 0.6) is 0 Å². The normalized spacial score (nSPS) is 15.1. The highest BCUT2D eigenvalue weighted by Gasteiger charge is 2.29. The Kier molecular flexibility index (Phi) is 4.59. The zero-order chi connectivity index (χ0) is 13.0. The number of nitrogens with zero attached hydrogens (tertiary/aromatic N) is 2. The molecule has 1 heterocycles. The van der Waals surface area contributed by atoms with Gasteiger partial charge in [-0.3, -0.25) is 0 Å². The largest absolute Gasteiger partial charge is 0.354 e. The third kappa shape index (κ3) is 3.70. The Hall–Kier alpha value is -1.09. The topological polar surface area (TPSA) is 42.1 Å². The average molecular weight is 247 g/mol. The van der Waals surface area contributed by atoms with Crippen molar-refractivity contribution < 1.29 is 0 Å². The molecule has 1 aliphatic carbocycles. The van der Waals surface area contributed by atoms with Crippen LogP contribution in [0.15, 0.2) is 18.3 Å². The summed E-state index contributed by atoms with van der Waals surface area (Å²) < 4.78 is 0. The fourth-order valence-corrected chi connectivity index (χ4v) is 2.17. The Morgan fingerprint density at radius 3 is 2.67 bits per heavy atom. The molecule has 1 aromatic rings. The summed E-state index contributed by atoms with van der Waals surface area (Å²) in [6, 6.07) is 5.06. The SMILES string of the molecule is CC(C)CCN(c1ccc(CCN)cn1)C1CC1. The van der Waals surface area contributed by atoms with Gasteiger partial charge in [-0.15, -0.1) is 0 Å². The molecule has 0 unspecified atom stereocenters. The molecular formula is C15H25N3. The Morgan fingerprint density at radius 1 is 1.39 bits per heavy atom. The number of hydrogen-bond donors (Lipinski definition) is 1. The average Bonchev–Trinajstić information content (AvgIpc) is 3.16. The Bertz CT molecular complexity index is 355. The molecule has 0 spiro atoms. The maximum Gasteiger partial charge on any atom is 0.128 e. The van der Waals surface area contributed by atoms with Gasteiger partial charge >= 0.3 is 0 Å². The van der Waals surface area contributed by atoms with E-state index in [2.05, 4.69) is 35.9 Å². The van der Waals surface area contributed by atoms with Gasteiger partial charge in [0.15, 0.2) is 0 Å². The van der Waals surface area contributed by atoms with Crippen LogP contribution in [0.4, 0.5) is 5.82 Å². The van der Waals surface area contributed by atoms with Gasteiger partial charge in [0.1, 0.15) is 5.82 Å². The van der Waals surface area contributed by atoms with E-state index in [1.165, 1.54) is 24.8 Å². The monoisotopic (exact) mass is 247 g/mol. The summed E-state index contributed by atoms with van der Waals surface area (Å²) in [5, 5.41) is 0. The van der Waals surface area contributed by atoms with Crippen LogP contribution in [0.2, 0.25) is 0 Å². The Labute approximate surface area is 110 Å². The number of rotatable bonds is 7. The molecule has 18 heavy (non-hydrogen) atoms. The van der Waals surface area contributed by atoms with Gasteiger partial charge in [-0.25, -0.2) is 4.98 Å². The third-order valence-electron chi connectivity index (χ3n) is 3.47. The van der Waals surface area contributed by atoms with Gasteiger partial charge < -0.3 is 10.6 Å². The first-order valence-corrected chi connectivity index (χ1v) is 7.12. The van der Waals surface area contributed by atoms with Crippen molar-refractivity contribution in [3.63, 3.8) is 0 Å². The highest BCUT2D eigenvalue weighted by atomic mass is 15.2. The van der Waals surface area contributed by atoms with Crippen molar-refractivity contribution in [1.29, 1.82) is 0 Å². The molecule has 0 bridgehead atoms. The summed E-state index contributed by atoms with van der Waals surface area (Å²) in [7, 11) is 0. The highest BCUT2D eigenvalue weighted by molar-refractivity contribution is 5.42. The standard InChI is InChI=1S/C15H25N3/c1-12(2)8-10-18(14-4-5-14)15-6-3-13(7-9-16)11-17-15/h3,6,11-12,14H,4-5,7-10,16H2,1-2H3. The van der Waals surface area contributed by atoms with E-state index < -0.39 is 0 Å². The molecule has 1 aliphatic rings. The first-order valence-electron chi connectivity index (χ1n) is 7.12. The third-order valence-corrected chi connectivity index (χ3v) is 3.47. The van der Waals surface area contributed by atoms with Crippen LogP contribution in [0.3, 0.4) is 0 Å². The lowest BCUT2D eigenvalue weighted by atomic mass is 10.1. The molecule has 0 aromatic carbocycles. The zero-order valence-electron chi connectivity index (χ0n) is 11.6. The van der Waals surface area contributed by atoms with Crippen molar-refractivity contribution in [3.05, 3.63) is 23.9 Å². The lowest BCUT2D eigenvalue weighted by Gasteiger charge is -2.24. The molecule has 0 saturated heterocycles. The summed E-state index contributed by atoms with van der Waals surface area (Å²) in [6.45, 7) is 6.39. The van der Waals surface area contributed by atoms with E-state index >= 15 is 0 Å². The molecule has 3 nitrogen and oxygen atoms in total. The van der Waals surface area contributed by atoms with E-state index in [-0.39, 0.29) is 0 Å². The Balaban J connectivity index is 2.00. The number of aromatic nitrogens is 1. The Morgan fingerprint density at radius 2 is 2.17 bits per heavy atom. The maximum atomic E-state index is 5.56. The van der Waals surface area contributed by atoms with Crippen LogP contribution in [0.25, 0.3) is 0 Å². The van der Waals surface area contributed by atoms with E-state index in [1.807, 2.05) is 6.20 Å². The van der Waals surface area contributed by atoms with E-state index in [1.54, 1.807) is 0 Å². The van der Waals surface area contributed by atoms with E-state index in [0.717, 1.165) is 30.7 Å². The van der Waals surface area contributed by atoms with Crippen LogP contribution in [0.1, 0.15) is 38.7 Å². The van der Waals surface area contributed by atoms with Crippen LogP contribution < -0.4 is 10.6 Å². The summed E-state index contributed by atoms with van der Waals surface area (Å²) >= 11 is 0. The second-order valence-corrected chi connectivity index (χ2v) is 5.67. The summed E-state index contributed by atoms with van der Waals surface area (Å²) in [6.07, 6.45) is 6.78. The van der Waals surface area contributed by atoms with Gasteiger partial charge in [-0.1, -0.05) is 19.9 Å². The molecule has 0 atom stereocenters. The van der Waals surface area contributed by atoms with Crippen molar-refractivity contribution in [2.45, 2.75) is 45.6 Å². The summed E-state index contributed by atoms with van der Waals surface area (Å²) in [5.74, 6) is 1.89. The van der Waals surface area contributed by atoms with E-state index in [4.69, 9.17) is 5.73 Å².